The lowest BCUT2D eigenvalue weighted by Gasteiger charge is -2.14. The molecule has 0 spiro atoms. The molecule has 19 heavy (non-hydrogen) atoms. The molecule has 0 saturated heterocycles. The Morgan fingerprint density at radius 2 is 2.11 bits per heavy atom. The third kappa shape index (κ3) is 3.84. The van der Waals surface area contributed by atoms with Gasteiger partial charge in [0.1, 0.15) is 11.5 Å². The van der Waals surface area contributed by atoms with Gasteiger partial charge in [0.15, 0.2) is 0 Å². The zero-order valence-corrected chi connectivity index (χ0v) is 11.0. The number of nitrogens with zero attached hydrogens (tertiary/aromatic N) is 1. The Labute approximate surface area is 112 Å². The second-order valence-corrected chi connectivity index (χ2v) is 4.39. The van der Waals surface area contributed by atoms with Gasteiger partial charge in [-0.05, 0) is 19.4 Å². The van der Waals surface area contributed by atoms with E-state index in [2.05, 4.69) is 15.8 Å². The topological polar surface area (TPSA) is 67.2 Å². The molecule has 2 amide bonds. The van der Waals surface area contributed by atoms with Crippen LogP contribution in [0.2, 0.25) is 0 Å². The van der Waals surface area contributed by atoms with Crippen LogP contribution in [-0.4, -0.2) is 11.2 Å². The van der Waals surface area contributed by atoms with E-state index in [-0.39, 0.29) is 12.1 Å². The second-order valence-electron chi connectivity index (χ2n) is 4.39. The lowest BCUT2D eigenvalue weighted by Crippen LogP contribution is -2.36. The molecular formula is C14H17N3O2. The van der Waals surface area contributed by atoms with E-state index in [0.29, 0.717) is 12.2 Å². The normalized spacial score (nSPS) is 11.9. The molecule has 0 unspecified atom stereocenters. The largest absolute Gasteiger partial charge is 0.361 e. The van der Waals surface area contributed by atoms with Crippen LogP contribution >= 0.6 is 0 Å². The van der Waals surface area contributed by atoms with Crippen LogP contribution < -0.4 is 10.6 Å². The first kappa shape index (κ1) is 13.1. The third-order valence-corrected chi connectivity index (χ3v) is 2.75. The Balaban J connectivity index is 1.81. The summed E-state index contributed by atoms with van der Waals surface area (Å²) in [5, 5.41) is 9.41. The van der Waals surface area contributed by atoms with Crippen LogP contribution in [0, 0.1) is 6.92 Å². The van der Waals surface area contributed by atoms with Gasteiger partial charge in [0.05, 0.1) is 12.6 Å². The zero-order chi connectivity index (χ0) is 13.7. The fourth-order valence-corrected chi connectivity index (χ4v) is 1.74. The molecule has 0 bridgehead atoms. The number of urea groups is 1. The van der Waals surface area contributed by atoms with E-state index in [1.807, 2.05) is 44.2 Å². The van der Waals surface area contributed by atoms with Crippen LogP contribution in [-0.2, 0) is 6.54 Å². The van der Waals surface area contributed by atoms with Crippen molar-refractivity contribution in [3.8, 4) is 0 Å². The minimum atomic E-state index is -0.225. The molecule has 1 atom stereocenters. The maximum Gasteiger partial charge on any atom is 0.315 e. The van der Waals surface area contributed by atoms with Crippen LogP contribution in [0.25, 0.3) is 0 Å². The summed E-state index contributed by atoms with van der Waals surface area (Å²) in [6, 6.07) is 11.3. The van der Waals surface area contributed by atoms with Gasteiger partial charge in [-0.25, -0.2) is 4.79 Å². The van der Waals surface area contributed by atoms with Crippen molar-refractivity contribution >= 4 is 6.03 Å². The zero-order valence-electron chi connectivity index (χ0n) is 11.0. The number of amides is 2. The van der Waals surface area contributed by atoms with Crippen LogP contribution in [0.4, 0.5) is 4.79 Å². The minimum Gasteiger partial charge on any atom is -0.361 e. The Bertz CT molecular complexity index is 537. The molecular weight excluding hydrogens is 242 g/mol. The summed E-state index contributed by atoms with van der Waals surface area (Å²) in [6.45, 7) is 4.11. The molecule has 0 radical (unpaired) electrons. The molecule has 1 heterocycles. The third-order valence-electron chi connectivity index (χ3n) is 2.75. The average molecular weight is 259 g/mol. The Kier molecular flexibility index (Phi) is 4.18. The Hall–Kier alpha value is -2.30. The standard InChI is InChI=1S/C14H17N3O2/c1-10-8-13(17-19-10)9-15-14(18)16-11(2)12-6-4-3-5-7-12/h3-8,11H,9H2,1-2H3,(H2,15,16,18)/t11-/m0/s1. The summed E-state index contributed by atoms with van der Waals surface area (Å²) >= 11 is 0. The van der Waals surface area contributed by atoms with Crippen molar-refractivity contribution in [2.24, 2.45) is 0 Å². The van der Waals surface area contributed by atoms with E-state index in [1.54, 1.807) is 6.07 Å². The van der Waals surface area contributed by atoms with Gasteiger partial charge in [-0.15, -0.1) is 0 Å². The number of hydrogen-bond donors (Lipinski definition) is 2. The highest BCUT2D eigenvalue weighted by Crippen LogP contribution is 2.10. The molecule has 5 nitrogen and oxygen atoms in total. The lowest BCUT2D eigenvalue weighted by atomic mass is 10.1. The van der Waals surface area contributed by atoms with Gasteiger partial charge in [0, 0.05) is 6.07 Å². The van der Waals surface area contributed by atoms with Gasteiger partial charge in [0.25, 0.3) is 0 Å². The summed E-state index contributed by atoms with van der Waals surface area (Å²) in [4.78, 5) is 11.7. The van der Waals surface area contributed by atoms with Gasteiger partial charge < -0.3 is 15.2 Å². The van der Waals surface area contributed by atoms with Gasteiger partial charge >= 0.3 is 6.03 Å². The maximum absolute atomic E-state index is 11.7. The average Bonchev–Trinajstić information content (AvgIpc) is 2.83. The Morgan fingerprint density at radius 3 is 2.74 bits per heavy atom. The van der Waals surface area contributed by atoms with Crippen molar-refractivity contribution in [2.75, 3.05) is 0 Å². The molecule has 5 heteroatoms. The molecule has 0 fully saturated rings. The SMILES string of the molecule is Cc1cc(CNC(=O)N[C@@H](C)c2ccccc2)no1. The molecule has 2 aromatic rings. The van der Waals surface area contributed by atoms with Crippen molar-refractivity contribution in [1.82, 2.24) is 15.8 Å². The molecule has 100 valence electrons. The number of nitrogens with one attached hydrogen (secondary N) is 2. The predicted molar refractivity (Wildman–Crippen MR) is 71.5 cm³/mol. The summed E-state index contributed by atoms with van der Waals surface area (Å²) in [6.07, 6.45) is 0. The van der Waals surface area contributed by atoms with Crippen molar-refractivity contribution < 1.29 is 9.32 Å². The van der Waals surface area contributed by atoms with E-state index in [1.165, 1.54) is 0 Å². The lowest BCUT2D eigenvalue weighted by molar-refractivity contribution is 0.237. The summed E-state index contributed by atoms with van der Waals surface area (Å²) < 4.78 is 4.93. The van der Waals surface area contributed by atoms with Gasteiger partial charge in [0.2, 0.25) is 0 Å². The molecule has 0 aliphatic rings. The number of aromatic nitrogens is 1. The molecule has 1 aromatic carbocycles. The van der Waals surface area contributed by atoms with Crippen molar-refractivity contribution in [3.05, 3.63) is 53.4 Å². The minimum absolute atomic E-state index is 0.0414. The van der Waals surface area contributed by atoms with Crippen LogP contribution in [0.1, 0.15) is 30.0 Å². The van der Waals surface area contributed by atoms with Crippen LogP contribution in [0.3, 0.4) is 0 Å². The number of aryl methyl sites for hydroxylation is 1. The van der Waals surface area contributed by atoms with Gasteiger partial charge in [-0.1, -0.05) is 35.5 Å². The van der Waals surface area contributed by atoms with Crippen molar-refractivity contribution in [1.29, 1.82) is 0 Å². The van der Waals surface area contributed by atoms with Gasteiger partial charge in [-0.2, -0.15) is 0 Å². The number of carbonyl (C=O) groups excluding carboxylic acids is 1. The molecule has 0 aliphatic carbocycles. The summed E-state index contributed by atoms with van der Waals surface area (Å²) in [7, 11) is 0. The highest BCUT2D eigenvalue weighted by molar-refractivity contribution is 5.74. The molecule has 2 N–H and O–H groups in total. The number of carbonyl (C=O) groups is 1. The van der Waals surface area contributed by atoms with Crippen molar-refractivity contribution in [2.45, 2.75) is 26.4 Å². The Morgan fingerprint density at radius 1 is 1.37 bits per heavy atom. The highest BCUT2D eigenvalue weighted by atomic mass is 16.5. The smallest absolute Gasteiger partial charge is 0.315 e. The fraction of sp³-hybridized carbons (Fsp3) is 0.286. The number of hydrogen-bond acceptors (Lipinski definition) is 3. The fourth-order valence-electron chi connectivity index (χ4n) is 1.74. The molecule has 0 saturated carbocycles. The summed E-state index contributed by atoms with van der Waals surface area (Å²) in [5.74, 6) is 0.731. The van der Waals surface area contributed by atoms with Crippen LogP contribution in [0.15, 0.2) is 40.9 Å². The maximum atomic E-state index is 11.7. The first-order valence-electron chi connectivity index (χ1n) is 6.16. The molecule has 2 rings (SSSR count). The van der Waals surface area contributed by atoms with Crippen molar-refractivity contribution in [3.63, 3.8) is 0 Å². The second kappa shape index (κ2) is 6.04. The van der Waals surface area contributed by atoms with E-state index < -0.39 is 0 Å². The van der Waals surface area contributed by atoms with E-state index >= 15 is 0 Å². The van der Waals surface area contributed by atoms with E-state index in [0.717, 1.165) is 11.3 Å². The first-order chi connectivity index (χ1) is 9.15. The quantitative estimate of drug-likeness (QED) is 0.886. The molecule has 1 aromatic heterocycles. The highest BCUT2D eigenvalue weighted by Gasteiger charge is 2.09. The molecule has 0 aliphatic heterocycles. The predicted octanol–water partition coefficient (Wildman–Crippen LogP) is 2.54. The number of benzene rings is 1. The van der Waals surface area contributed by atoms with Gasteiger partial charge in [-0.3, -0.25) is 0 Å². The van der Waals surface area contributed by atoms with E-state index in [4.69, 9.17) is 4.52 Å². The van der Waals surface area contributed by atoms with Crippen LogP contribution in [0.5, 0.6) is 0 Å². The van der Waals surface area contributed by atoms with E-state index in [9.17, 15) is 4.79 Å². The number of rotatable bonds is 4. The summed E-state index contributed by atoms with van der Waals surface area (Å²) in [5.41, 5.74) is 1.77. The monoisotopic (exact) mass is 259 g/mol. The first-order valence-corrected chi connectivity index (χ1v) is 6.16.